The van der Waals surface area contributed by atoms with Crippen molar-refractivity contribution in [2.24, 2.45) is 0 Å². The second-order valence-electron chi connectivity index (χ2n) is 5.69. The Bertz CT molecular complexity index is 875. The van der Waals surface area contributed by atoms with Crippen LogP contribution in [0.5, 0.6) is 5.75 Å². The van der Waals surface area contributed by atoms with Crippen LogP contribution >= 0.6 is 11.6 Å². The van der Waals surface area contributed by atoms with Crippen LogP contribution in [0, 0.1) is 13.8 Å². The average molecular weight is 355 g/mol. The molecule has 0 unspecified atom stereocenters. The summed E-state index contributed by atoms with van der Waals surface area (Å²) in [6.07, 6.45) is 1.69. The molecule has 25 heavy (non-hydrogen) atoms. The van der Waals surface area contributed by atoms with Crippen LogP contribution in [0.4, 0.5) is 23.1 Å². The number of aryl methyl sites for hydroxylation is 2. The van der Waals surface area contributed by atoms with E-state index in [0.29, 0.717) is 16.8 Å². The molecule has 0 bridgehead atoms. The van der Waals surface area contributed by atoms with Gasteiger partial charge in [0.2, 0.25) is 5.95 Å². The van der Waals surface area contributed by atoms with Crippen LogP contribution in [0.1, 0.15) is 11.1 Å². The Morgan fingerprint density at radius 3 is 2.64 bits per heavy atom. The Morgan fingerprint density at radius 2 is 1.88 bits per heavy atom. The van der Waals surface area contributed by atoms with Crippen LogP contribution < -0.4 is 15.4 Å². The molecule has 0 aliphatic rings. The van der Waals surface area contributed by atoms with Crippen LogP contribution in [0.2, 0.25) is 5.02 Å². The van der Waals surface area contributed by atoms with Crippen molar-refractivity contribution in [1.29, 1.82) is 0 Å². The fourth-order valence-corrected chi connectivity index (χ4v) is 2.89. The first-order valence-corrected chi connectivity index (χ1v) is 8.21. The summed E-state index contributed by atoms with van der Waals surface area (Å²) in [5.74, 6) is 1.92. The van der Waals surface area contributed by atoms with Gasteiger partial charge in [-0.1, -0.05) is 23.7 Å². The van der Waals surface area contributed by atoms with E-state index in [9.17, 15) is 0 Å². The van der Waals surface area contributed by atoms with E-state index in [1.165, 1.54) is 0 Å². The topological polar surface area (TPSA) is 59.1 Å². The molecule has 0 aliphatic carbocycles. The number of benzene rings is 2. The first-order valence-electron chi connectivity index (χ1n) is 7.83. The van der Waals surface area contributed by atoms with Crippen LogP contribution in [0.25, 0.3) is 0 Å². The number of aromatic nitrogens is 2. The fraction of sp³-hybridized carbons (Fsp3) is 0.158. The molecule has 0 amide bonds. The monoisotopic (exact) mass is 354 g/mol. The second kappa shape index (κ2) is 7.40. The standard InChI is InChI=1S/C19H19ClN4O/c1-12-9-13(2)18(16(20)10-12)24-19-21-8-7-17(23-19)22-14-5-4-6-15(11-14)25-3/h4-11H,1-3H3,(H2,21,22,23,24). The minimum atomic E-state index is 0.474. The Labute approximate surface area is 152 Å². The molecule has 5 nitrogen and oxygen atoms in total. The summed E-state index contributed by atoms with van der Waals surface area (Å²) in [5.41, 5.74) is 3.85. The lowest BCUT2D eigenvalue weighted by molar-refractivity contribution is 0.415. The van der Waals surface area contributed by atoms with E-state index >= 15 is 0 Å². The highest BCUT2D eigenvalue weighted by atomic mass is 35.5. The van der Waals surface area contributed by atoms with Gasteiger partial charge in [0.1, 0.15) is 11.6 Å². The van der Waals surface area contributed by atoms with Gasteiger partial charge in [-0.3, -0.25) is 0 Å². The summed E-state index contributed by atoms with van der Waals surface area (Å²) in [4.78, 5) is 8.76. The predicted molar refractivity (Wildman–Crippen MR) is 103 cm³/mol. The highest BCUT2D eigenvalue weighted by molar-refractivity contribution is 6.33. The largest absolute Gasteiger partial charge is 0.497 e. The molecule has 0 spiro atoms. The Morgan fingerprint density at radius 1 is 1.04 bits per heavy atom. The molecule has 0 saturated carbocycles. The molecule has 0 saturated heterocycles. The summed E-state index contributed by atoms with van der Waals surface area (Å²) in [5, 5.41) is 7.08. The summed E-state index contributed by atoms with van der Waals surface area (Å²) in [6.45, 7) is 4.01. The predicted octanol–water partition coefficient (Wildman–Crippen LogP) is 5.24. The quantitative estimate of drug-likeness (QED) is 0.656. The van der Waals surface area contributed by atoms with Crippen LogP contribution in [-0.4, -0.2) is 17.1 Å². The zero-order valence-corrected chi connectivity index (χ0v) is 15.1. The number of hydrogen-bond acceptors (Lipinski definition) is 5. The van der Waals surface area contributed by atoms with E-state index < -0.39 is 0 Å². The molecule has 3 rings (SSSR count). The highest BCUT2D eigenvalue weighted by Gasteiger charge is 2.08. The Hall–Kier alpha value is -2.79. The number of anilines is 4. The molecule has 0 aliphatic heterocycles. The average Bonchev–Trinajstić information content (AvgIpc) is 2.58. The highest BCUT2D eigenvalue weighted by Crippen LogP contribution is 2.29. The third kappa shape index (κ3) is 4.19. The second-order valence-corrected chi connectivity index (χ2v) is 6.09. The molecule has 3 aromatic rings. The molecule has 1 aromatic heterocycles. The SMILES string of the molecule is COc1cccc(Nc2ccnc(Nc3c(C)cc(C)cc3Cl)n2)c1. The molecule has 2 aromatic carbocycles. The molecule has 0 fully saturated rings. The molecule has 0 radical (unpaired) electrons. The van der Waals surface area contributed by atoms with Crippen molar-refractivity contribution in [2.75, 3.05) is 17.7 Å². The number of ether oxygens (including phenoxy) is 1. The van der Waals surface area contributed by atoms with Crippen LogP contribution in [-0.2, 0) is 0 Å². The third-order valence-corrected chi connectivity index (χ3v) is 3.96. The van der Waals surface area contributed by atoms with Crippen molar-refractivity contribution in [3.8, 4) is 5.75 Å². The van der Waals surface area contributed by atoms with Crippen LogP contribution in [0.3, 0.4) is 0 Å². The van der Waals surface area contributed by atoms with E-state index in [1.54, 1.807) is 19.4 Å². The van der Waals surface area contributed by atoms with Gasteiger partial charge in [0, 0.05) is 18.0 Å². The van der Waals surface area contributed by atoms with E-state index in [4.69, 9.17) is 16.3 Å². The van der Waals surface area contributed by atoms with Crippen molar-refractivity contribution >= 4 is 34.7 Å². The third-order valence-electron chi connectivity index (χ3n) is 3.67. The lowest BCUT2D eigenvalue weighted by atomic mass is 10.1. The van der Waals surface area contributed by atoms with E-state index in [-0.39, 0.29) is 0 Å². The number of hydrogen-bond donors (Lipinski definition) is 2. The van der Waals surface area contributed by atoms with Crippen molar-refractivity contribution in [3.05, 3.63) is 64.8 Å². The number of halogens is 1. The Kier molecular flexibility index (Phi) is 5.05. The van der Waals surface area contributed by atoms with E-state index in [0.717, 1.165) is 28.3 Å². The summed E-state index contributed by atoms with van der Waals surface area (Å²) >= 11 is 6.34. The minimum absolute atomic E-state index is 0.474. The number of nitrogens with zero attached hydrogens (tertiary/aromatic N) is 2. The van der Waals surface area contributed by atoms with Gasteiger partial charge in [-0.2, -0.15) is 4.98 Å². The molecule has 6 heteroatoms. The molecule has 2 N–H and O–H groups in total. The maximum atomic E-state index is 6.34. The van der Waals surface area contributed by atoms with Crippen molar-refractivity contribution in [3.63, 3.8) is 0 Å². The van der Waals surface area contributed by atoms with Gasteiger partial charge in [-0.05, 0) is 49.2 Å². The summed E-state index contributed by atoms with van der Waals surface area (Å²) in [7, 11) is 1.64. The molecule has 128 valence electrons. The minimum Gasteiger partial charge on any atom is -0.497 e. The summed E-state index contributed by atoms with van der Waals surface area (Å²) in [6, 6.07) is 13.4. The molecule has 1 heterocycles. The molecule has 0 atom stereocenters. The molecular formula is C19H19ClN4O. The zero-order valence-electron chi connectivity index (χ0n) is 14.3. The molecular weight excluding hydrogens is 336 g/mol. The number of methoxy groups -OCH3 is 1. The van der Waals surface area contributed by atoms with Gasteiger partial charge in [-0.15, -0.1) is 0 Å². The first kappa shape index (κ1) is 17.0. The van der Waals surface area contributed by atoms with E-state index in [1.807, 2.05) is 44.2 Å². The van der Waals surface area contributed by atoms with Gasteiger partial charge in [0.25, 0.3) is 0 Å². The zero-order chi connectivity index (χ0) is 17.8. The Balaban J connectivity index is 1.82. The van der Waals surface area contributed by atoms with Crippen molar-refractivity contribution in [1.82, 2.24) is 9.97 Å². The first-order chi connectivity index (χ1) is 12.0. The van der Waals surface area contributed by atoms with E-state index in [2.05, 4.69) is 26.7 Å². The summed E-state index contributed by atoms with van der Waals surface area (Å²) < 4.78 is 5.23. The van der Waals surface area contributed by atoms with Gasteiger partial charge in [0.15, 0.2) is 0 Å². The number of rotatable bonds is 5. The smallest absolute Gasteiger partial charge is 0.229 e. The maximum Gasteiger partial charge on any atom is 0.229 e. The lowest BCUT2D eigenvalue weighted by Crippen LogP contribution is -2.02. The normalized spacial score (nSPS) is 10.4. The van der Waals surface area contributed by atoms with Crippen molar-refractivity contribution < 1.29 is 4.74 Å². The number of nitrogens with one attached hydrogen (secondary N) is 2. The van der Waals surface area contributed by atoms with Gasteiger partial charge in [-0.25, -0.2) is 4.98 Å². The lowest BCUT2D eigenvalue weighted by Gasteiger charge is -2.12. The van der Waals surface area contributed by atoms with Gasteiger partial charge in [0.05, 0.1) is 17.8 Å². The van der Waals surface area contributed by atoms with Crippen LogP contribution in [0.15, 0.2) is 48.7 Å². The van der Waals surface area contributed by atoms with Crippen molar-refractivity contribution in [2.45, 2.75) is 13.8 Å². The fourth-order valence-electron chi connectivity index (χ4n) is 2.52. The van der Waals surface area contributed by atoms with Gasteiger partial charge < -0.3 is 15.4 Å². The van der Waals surface area contributed by atoms with Gasteiger partial charge >= 0.3 is 0 Å². The maximum absolute atomic E-state index is 6.34.